The van der Waals surface area contributed by atoms with Crippen molar-refractivity contribution >= 4 is 0 Å². The van der Waals surface area contributed by atoms with E-state index >= 15 is 0 Å². The van der Waals surface area contributed by atoms with Crippen LogP contribution in [-0.4, -0.2) is 22.9 Å². The summed E-state index contributed by atoms with van der Waals surface area (Å²) >= 11 is 0. The Hall–Kier alpha value is -1.61. The molecule has 0 spiro atoms. The maximum atomic E-state index is 4.34. The number of nitrogens with one attached hydrogen (secondary N) is 1. The van der Waals surface area contributed by atoms with Crippen molar-refractivity contribution < 1.29 is 0 Å². The number of piperidine rings is 1. The van der Waals surface area contributed by atoms with Crippen molar-refractivity contribution in [1.29, 1.82) is 0 Å². The Bertz CT molecular complexity index is 521. The van der Waals surface area contributed by atoms with Gasteiger partial charge in [0.25, 0.3) is 0 Å². The number of benzene rings is 1. The Morgan fingerprint density at radius 1 is 1.16 bits per heavy atom. The van der Waals surface area contributed by atoms with Gasteiger partial charge < -0.3 is 5.32 Å². The molecule has 1 saturated heterocycles. The minimum Gasteiger partial charge on any atom is -0.317 e. The molecule has 0 radical (unpaired) electrons. The van der Waals surface area contributed by atoms with Gasteiger partial charge >= 0.3 is 0 Å². The zero-order chi connectivity index (χ0) is 13.1. The van der Waals surface area contributed by atoms with Gasteiger partial charge in [0.2, 0.25) is 0 Å². The fraction of sp³-hybridized carbons (Fsp3) is 0.438. The van der Waals surface area contributed by atoms with E-state index in [0.29, 0.717) is 0 Å². The standard InChI is InChI=1S/C16H21N3/c1-13-6-11-18-19(13)16-4-2-14(3-5-16)12-15-7-9-17-10-8-15/h2-6,11,15,17H,7-10,12H2,1H3. The molecule has 19 heavy (non-hydrogen) atoms. The van der Waals surface area contributed by atoms with E-state index in [1.807, 2.05) is 16.9 Å². The van der Waals surface area contributed by atoms with Crippen molar-refractivity contribution in [1.82, 2.24) is 15.1 Å². The number of hydrogen-bond donors (Lipinski definition) is 1. The van der Waals surface area contributed by atoms with Crippen LogP contribution in [0.4, 0.5) is 0 Å². The monoisotopic (exact) mass is 255 g/mol. The summed E-state index contributed by atoms with van der Waals surface area (Å²) in [4.78, 5) is 0. The summed E-state index contributed by atoms with van der Waals surface area (Å²) in [7, 11) is 0. The molecule has 100 valence electrons. The minimum atomic E-state index is 0.846. The van der Waals surface area contributed by atoms with E-state index in [1.165, 1.54) is 43.6 Å². The van der Waals surface area contributed by atoms with Gasteiger partial charge in [-0.25, -0.2) is 4.68 Å². The average molecular weight is 255 g/mol. The summed E-state index contributed by atoms with van der Waals surface area (Å²) in [6.45, 7) is 4.43. The van der Waals surface area contributed by atoms with Gasteiger partial charge in [0, 0.05) is 11.9 Å². The molecular formula is C16H21N3. The Labute approximate surface area is 114 Å². The first kappa shape index (κ1) is 12.4. The molecule has 1 aliphatic heterocycles. The molecule has 0 bridgehead atoms. The highest BCUT2D eigenvalue weighted by Gasteiger charge is 2.13. The largest absolute Gasteiger partial charge is 0.317 e. The number of aromatic nitrogens is 2. The Balaban J connectivity index is 1.70. The molecule has 1 aromatic carbocycles. The van der Waals surface area contributed by atoms with E-state index < -0.39 is 0 Å². The second-order valence-electron chi connectivity index (χ2n) is 5.45. The van der Waals surface area contributed by atoms with Gasteiger partial charge in [-0.15, -0.1) is 0 Å². The fourth-order valence-electron chi connectivity index (χ4n) is 2.83. The SMILES string of the molecule is Cc1ccnn1-c1ccc(CC2CCNCC2)cc1. The summed E-state index contributed by atoms with van der Waals surface area (Å²) < 4.78 is 1.98. The smallest absolute Gasteiger partial charge is 0.0648 e. The quantitative estimate of drug-likeness (QED) is 0.914. The zero-order valence-corrected chi connectivity index (χ0v) is 11.5. The molecule has 0 amide bonds. The first-order valence-corrected chi connectivity index (χ1v) is 7.13. The van der Waals surface area contributed by atoms with Crippen LogP contribution in [0.15, 0.2) is 36.5 Å². The third kappa shape index (κ3) is 2.87. The lowest BCUT2D eigenvalue weighted by molar-refractivity contribution is 0.372. The second-order valence-corrected chi connectivity index (χ2v) is 5.45. The predicted molar refractivity (Wildman–Crippen MR) is 77.6 cm³/mol. The fourth-order valence-corrected chi connectivity index (χ4v) is 2.83. The highest BCUT2D eigenvalue weighted by Crippen LogP contribution is 2.19. The number of hydrogen-bond acceptors (Lipinski definition) is 2. The van der Waals surface area contributed by atoms with Gasteiger partial charge in [-0.1, -0.05) is 12.1 Å². The van der Waals surface area contributed by atoms with Crippen LogP contribution in [0.2, 0.25) is 0 Å². The normalized spacial score (nSPS) is 16.7. The van der Waals surface area contributed by atoms with E-state index in [2.05, 4.69) is 41.6 Å². The molecule has 2 heterocycles. The molecule has 0 atom stereocenters. The molecule has 1 N–H and O–H groups in total. The van der Waals surface area contributed by atoms with Gasteiger partial charge in [0.05, 0.1) is 5.69 Å². The summed E-state index contributed by atoms with van der Waals surface area (Å²) in [6.07, 6.45) is 5.67. The number of nitrogens with zero attached hydrogens (tertiary/aromatic N) is 2. The van der Waals surface area contributed by atoms with Gasteiger partial charge in [-0.3, -0.25) is 0 Å². The van der Waals surface area contributed by atoms with Crippen LogP contribution >= 0.6 is 0 Å². The maximum Gasteiger partial charge on any atom is 0.0648 e. The number of rotatable bonds is 3. The Kier molecular flexibility index (Phi) is 3.65. The van der Waals surface area contributed by atoms with E-state index in [0.717, 1.165) is 11.6 Å². The molecule has 1 aromatic heterocycles. The number of aryl methyl sites for hydroxylation is 1. The summed E-state index contributed by atoms with van der Waals surface area (Å²) in [6, 6.07) is 10.9. The zero-order valence-electron chi connectivity index (χ0n) is 11.5. The van der Waals surface area contributed by atoms with E-state index in [9.17, 15) is 0 Å². The molecule has 1 fully saturated rings. The van der Waals surface area contributed by atoms with Crippen LogP contribution in [0.25, 0.3) is 5.69 Å². The first-order valence-electron chi connectivity index (χ1n) is 7.13. The van der Waals surface area contributed by atoms with Crippen LogP contribution in [0.5, 0.6) is 0 Å². The molecule has 0 aliphatic carbocycles. The highest BCUT2D eigenvalue weighted by molar-refractivity contribution is 5.35. The lowest BCUT2D eigenvalue weighted by atomic mass is 9.91. The van der Waals surface area contributed by atoms with E-state index in [-0.39, 0.29) is 0 Å². The Morgan fingerprint density at radius 2 is 1.89 bits per heavy atom. The van der Waals surface area contributed by atoms with E-state index in [1.54, 1.807) is 0 Å². The van der Waals surface area contributed by atoms with Crippen molar-refractivity contribution in [3.05, 3.63) is 47.8 Å². The van der Waals surface area contributed by atoms with Crippen LogP contribution in [0, 0.1) is 12.8 Å². The topological polar surface area (TPSA) is 29.9 Å². The molecule has 3 nitrogen and oxygen atoms in total. The van der Waals surface area contributed by atoms with Gasteiger partial charge in [0.15, 0.2) is 0 Å². The van der Waals surface area contributed by atoms with Gasteiger partial charge in [-0.2, -0.15) is 5.10 Å². The van der Waals surface area contributed by atoms with Crippen LogP contribution in [0.1, 0.15) is 24.1 Å². The summed E-state index contributed by atoms with van der Waals surface area (Å²) in [5.74, 6) is 0.846. The third-order valence-corrected chi connectivity index (χ3v) is 4.00. The predicted octanol–water partition coefficient (Wildman–Crippen LogP) is 2.72. The van der Waals surface area contributed by atoms with Crippen molar-refractivity contribution in [3.8, 4) is 5.69 Å². The molecule has 2 aromatic rings. The first-order chi connectivity index (χ1) is 9.33. The lowest BCUT2D eigenvalue weighted by Gasteiger charge is -2.22. The molecule has 3 heteroatoms. The maximum absolute atomic E-state index is 4.34. The summed E-state index contributed by atoms with van der Waals surface area (Å²) in [5, 5.41) is 7.76. The molecule has 0 unspecified atom stereocenters. The molecule has 3 rings (SSSR count). The van der Waals surface area contributed by atoms with Gasteiger partial charge in [-0.05, 0) is 69.0 Å². The summed E-state index contributed by atoms with van der Waals surface area (Å²) in [5.41, 5.74) is 3.77. The average Bonchev–Trinajstić information content (AvgIpc) is 2.87. The van der Waals surface area contributed by atoms with Crippen LogP contribution in [-0.2, 0) is 6.42 Å². The van der Waals surface area contributed by atoms with E-state index in [4.69, 9.17) is 0 Å². The van der Waals surface area contributed by atoms with Crippen molar-refractivity contribution in [3.63, 3.8) is 0 Å². The van der Waals surface area contributed by atoms with Gasteiger partial charge in [0.1, 0.15) is 0 Å². The molecular weight excluding hydrogens is 234 g/mol. The van der Waals surface area contributed by atoms with Crippen molar-refractivity contribution in [2.75, 3.05) is 13.1 Å². The second kappa shape index (κ2) is 5.57. The minimum absolute atomic E-state index is 0.846. The highest BCUT2D eigenvalue weighted by atomic mass is 15.3. The third-order valence-electron chi connectivity index (χ3n) is 4.00. The Morgan fingerprint density at radius 3 is 2.53 bits per heavy atom. The van der Waals surface area contributed by atoms with Crippen LogP contribution < -0.4 is 5.32 Å². The van der Waals surface area contributed by atoms with Crippen molar-refractivity contribution in [2.24, 2.45) is 5.92 Å². The van der Waals surface area contributed by atoms with Crippen LogP contribution in [0.3, 0.4) is 0 Å². The lowest BCUT2D eigenvalue weighted by Crippen LogP contribution is -2.28. The molecule has 1 aliphatic rings. The molecule has 0 saturated carbocycles. The van der Waals surface area contributed by atoms with Crippen molar-refractivity contribution in [2.45, 2.75) is 26.2 Å².